The van der Waals surface area contributed by atoms with Gasteiger partial charge in [0, 0.05) is 29.8 Å². The third-order valence-electron chi connectivity index (χ3n) is 7.26. The van der Waals surface area contributed by atoms with Crippen LogP contribution in [0, 0.1) is 11.3 Å². The molecule has 3 aromatic carbocycles. The van der Waals surface area contributed by atoms with Crippen LogP contribution in [0.25, 0.3) is 39.0 Å². The molecule has 5 aromatic rings. The minimum atomic E-state index is -0.633. The van der Waals surface area contributed by atoms with Crippen molar-refractivity contribution < 1.29 is 5.21 Å². The predicted molar refractivity (Wildman–Crippen MR) is 144 cm³/mol. The maximum atomic E-state index is 13.5. The lowest BCUT2D eigenvalue weighted by atomic mass is 9.86. The number of para-hydroxylation sites is 1. The minimum Gasteiger partial charge on any atom is -0.297 e. The fraction of sp³-hybridized carbons (Fsp3) is 0.167. The molecule has 0 atom stereocenters. The van der Waals surface area contributed by atoms with E-state index in [-0.39, 0.29) is 12.2 Å². The Morgan fingerprint density at radius 3 is 2.51 bits per heavy atom. The van der Waals surface area contributed by atoms with Crippen LogP contribution in [0.1, 0.15) is 25.1 Å². The van der Waals surface area contributed by atoms with Crippen LogP contribution in [0.2, 0.25) is 0 Å². The van der Waals surface area contributed by atoms with Gasteiger partial charge in [0.25, 0.3) is 0 Å². The van der Waals surface area contributed by atoms with Gasteiger partial charge >= 0.3 is 5.69 Å². The number of anilines is 1. The first-order valence-electron chi connectivity index (χ1n) is 12.1. The summed E-state index contributed by atoms with van der Waals surface area (Å²) < 4.78 is 3.27. The maximum Gasteiger partial charge on any atom is 0.333 e. The first-order valence-corrected chi connectivity index (χ1v) is 12.1. The van der Waals surface area contributed by atoms with Crippen molar-refractivity contribution in [2.75, 3.05) is 5.06 Å². The molecule has 0 aliphatic carbocycles. The second-order valence-corrected chi connectivity index (χ2v) is 9.96. The van der Waals surface area contributed by atoms with E-state index in [1.807, 2.05) is 86.8 Å². The van der Waals surface area contributed by atoms with E-state index in [0.29, 0.717) is 11.4 Å². The van der Waals surface area contributed by atoms with Gasteiger partial charge in [-0.1, -0.05) is 36.4 Å². The van der Waals surface area contributed by atoms with Crippen LogP contribution in [-0.2, 0) is 19.0 Å². The van der Waals surface area contributed by atoms with E-state index in [9.17, 15) is 15.3 Å². The zero-order valence-electron chi connectivity index (χ0n) is 20.8. The number of rotatable bonds is 3. The zero-order valence-corrected chi connectivity index (χ0v) is 20.8. The van der Waals surface area contributed by atoms with Gasteiger partial charge in [-0.15, -0.1) is 0 Å². The van der Waals surface area contributed by atoms with Crippen LogP contribution in [0.3, 0.4) is 0 Å². The molecule has 0 spiro atoms. The Labute approximate surface area is 214 Å². The number of hydrogen-bond acceptors (Lipinski definition) is 5. The Morgan fingerprint density at radius 2 is 1.76 bits per heavy atom. The first kappa shape index (κ1) is 22.8. The maximum absolute atomic E-state index is 13.5. The summed E-state index contributed by atoms with van der Waals surface area (Å²) >= 11 is 0. The molecular formula is C30H25N5O2. The molecule has 0 bridgehead atoms. The van der Waals surface area contributed by atoms with E-state index in [1.54, 1.807) is 16.2 Å². The molecule has 0 unspecified atom stereocenters. The number of hydrogen-bond donors (Lipinski definition) is 1. The third kappa shape index (κ3) is 3.53. The van der Waals surface area contributed by atoms with Crippen molar-refractivity contribution in [1.29, 1.82) is 5.26 Å². The highest BCUT2D eigenvalue weighted by Gasteiger charge is 2.30. The first-order chi connectivity index (χ1) is 17.8. The molecule has 7 heteroatoms. The van der Waals surface area contributed by atoms with Gasteiger partial charge in [0.15, 0.2) is 0 Å². The normalized spacial score (nSPS) is 12.8. The molecule has 3 heterocycles. The lowest BCUT2D eigenvalue weighted by Gasteiger charge is -2.27. The largest absolute Gasteiger partial charge is 0.333 e. The molecule has 182 valence electrons. The van der Waals surface area contributed by atoms with Crippen molar-refractivity contribution in [3.8, 4) is 34.1 Å². The molecule has 0 saturated carbocycles. The van der Waals surface area contributed by atoms with E-state index in [1.165, 1.54) is 5.06 Å². The highest BCUT2D eigenvalue weighted by atomic mass is 16.5. The Morgan fingerprint density at radius 1 is 1.00 bits per heavy atom. The standard InChI is InChI=1S/C30H25N5O2/c1-30(2,18-31)22-9-11-23(12-10-22)35-28-24-15-19(21-14-20-6-4-5-7-25(20)32-16-21)8-13-26(24)34(37)17-27(28)33(3)29(35)36/h4-16,37H,17H2,1-3H3. The lowest BCUT2D eigenvalue weighted by molar-refractivity contribution is 0.246. The smallest absolute Gasteiger partial charge is 0.297 e. The summed E-state index contributed by atoms with van der Waals surface area (Å²) in [5, 5.41) is 22.6. The monoisotopic (exact) mass is 487 g/mol. The highest BCUT2D eigenvalue weighted by molar-refractivity contribution is 5.88. The van der Waals surface area contributed by atoms with Gasteiger partial charge in [-0.05, 0) is 61.4 Å². The van der Waals surface area contributed by atoms with Gasteiger partial charge in [0.1, 0.15) is 0 Å². The molecular weight excluding hydrogens is 462 g/mol. The summed E-state index contributed by atoms with van der Waals surface area (Å²) in [7, 11) is 1.72. The number of fused-ring (bicyclic) bond motifs is 4. The van der Waals surface area contributed by atoms with Gasteiger partial charge in [-0.3, -0.25) is 24.4 Å². The zero-order chi connectivity index (χ0) is 25.9. The summed E-state index contributed by atoms with van der Waals surface area (Å²) in [6, 6.07) is 25.8. The van der Waals surface area contributed by atoms with E-state index in [2.05, 4.69) is 17.1 Å². The number of hydroxylamine groups is 1. The summed E-state index contributed by atoms with van der Waals surface area (Å²) in [6.45, 7) is 3.93. The Hall–Kier alpha value is -4.67. The van der Waals surface area contributed by atoms with Gasteiger partial charge in [-0.25, -0.2) is 4.79 Å². The number of pyridine rings is 1. The van der Waals surface area contributed by atoms with Crippen molar-refractivity contribution in [3.63, 3.8) is 0 Å². The number of benzene rings is 3. The SMILES string of the molecule is Cn1c2c(n(-c3ccc(C(C)(C)C#N)cc3)c1=O)-c1cc(-c3cnc4ccccc4c3)ccc1N(O)C2. The summed E-state index contributed by atoms with van der Waals surface area (Å²) in [5.74, 6) is 0. The van der Waals surface area contributed by atoms with Crippen LogP contribution in [-0.4, -0.2) is 19.3 Å². The van der Waals surface area contributed by atoms with Crippen LogP contribution >= 0.6 is 0 Å². The van der Waals surface area contributed by atoms with Gasteiger partial charge < -0.3 is 0 Å². The van der Waals surface area contributed by atoms with E-state index < -0.39 is 5.41 Å². The van der Waals surface area contributed by atoms with Crippen LogP contribution in [0.5, 0.6) is 0 Å². The number of nitriles is 1. The summed E-state index contributed by atoms with van der Waals surface area (Å²) in [6.07, 6.45) is 1.85. The van der Waals surface area contributed by atoms with Crippen molar-refractivity contribution in [1.82, 2.24) is 14.1 Å². The quantitative estimate of drug-likeness (QED) is 0.360. The average molecular weight is 488 g/mol. The second-order valence-electron chi connectivity index (χ2n) is 9.96. The van der Waals surface area contributed by atoms with Crippen molar-refractivity contribution in [2.45, 2.75) is 25.8 Å². The van der Waals surface area contributed by atoms with Crippen LogP contribution < -0.4 is 10.8 Å². The molecule has 0 saturated heterocycles. The van der Waals surface area contributed by atoms with Crippen LogP contribution in [0.15, 0.2) is 83.8 Å². The van der Waals surface area contributed by atoms with Gasteiger partial charge in [0.05, 0.1) is 46.3 Å². The van der Waals surface area contributed by atoms with Gasteiger partial charge in [0.2, 0.25) is 0 Å². The minimum absolute atomic E-state index is 0.192. The van der Waals surface area contributed by atoms with E-state index in [0.717, 1.165) is 44.5 Å². The molecule has 2 aromatic heterocycles. The van der Waals surface area contributed by atoms with Crippen molar-refractivity contribution in [2.24, 2.45) is 7.05 Å². The van der Waals surface area contributed by atoms with Gasteiger partial charge in [-0.2, -0.15) is 5.26 Å². The Balaban J connectivity index is 1.54. The Bertz CT molecular complexity index is 1790. The lowest BCUT2D eigenvalue weighted by Crippen LogP contribution is -2.25. The number of nitrogens with zero attached hydrogens (tertiary/aromatic N) is 5. The summed E-state index contributed by atoms with van der Waals surface area (Å²) in [5.41, 5.74) is 6.42. The highest BCUT2D eigenvalue weighted by Crippen LogP contribution is 2.41. The molecule has 0 fully saturated rings. The number of imidazole rings is 1. The summed E-state index contributed by atoms with van der Waals surface area (Å²) in [4.78, 5) is 18.1. The fourth-order valence-corrected chi connectivity index (χ4v) is 5.02. The molecule has 1 aliphatic rings. The van der Waals surface area contributed by atoms with E-state index >= 15 is 0 Å². The average Bonchev–Trinajstić information content (AvgIpc) is 3.18. The van der Waals surface area contributed by atoms with Crippen LogP contribution in [0.4, 0.5) is 5.69 Å². The second kappa shape index (κ2) is 8.19. The molecule has 6 rings (SSSR count). The fourth-order valence-electron chi connectivity index (χ4n) is 5.02. The van der Waals surface area contributed by atoms with Crippen molar-refractivity contribution >= 4 is 16.6 Å². The molecule has 0 radical (unpaired) electrons. The molecule has 37 heavy (non-hydrogen) atoms. The topological polar surface area (TPSA) is 87.1 Å². The third-order valence-corrected chi connectivity index (χ3v) is 7.26. The van der Waals surface area contributed by atoms with Crippen molar-refractivity contribution in [3.05, 3.63) is 101 Å². The molecule has 1 N–H and O–H groups in total. The Kier molecular flexibility index (Phi) is 5.04. The molecule has 1 aliphatic heterocycles. The van der Waals surface area contributed by atoms with E-state index in [4.69, 9.17) is 0 Å². The molecule has 7 nitrogen and oxygen atoms in total. The number of aromatic nitrogens is 3. The predicted octanol–water partition coefficient (Wildman–Crippen LogP) is 5.57. The molecule has 0 amide bonds.